The Hall–Kier alpha value is -0.0400. The summed E-state index contributed by atoms with van der Waals surface area (Å²) >= 11 is 34.4. The minimum atomic E-state index is -2.03. The summed E-state index contributed by atoms with van der Waals surface area (Å²) in [7, 11) is 0. The molecule has 0 aromatic heterocycles. The Labute approximate surface area is 154 Å². The van der Waals surface area contributed by atoms with Crippen LogP contribution in [0.4, 0.5) is 8.78 Å². The lowest BCUT2D eigenvalue weighted by Gasteiger charge is -2.28. The van der Waals surface area contributed by atoms with Crippen LogP contribution < -0.4 is 5.32 Å². The molecule has 22 heavy (non-hydrogen) atoms. The Morgan fingerprint density at radius 2 is 1.27 bits per heavy atom. The number of halogens is 8. The van der Waals surface area contributed by atoms with Gasteiger partial charge in [0.15, 0.2) is 17.8 Å². The Balaban J connectivity index is 2.58. The second kappa shape index (κ2) is 6.46. The molecule has 0 fully saturated rings. The molecule has 0 bridgehead atoms. The fourth-order valence-electron chi connectivity index (χ4n) is 1.62. The number of nitrogens with zero attached hydrogens (tertiary/aromatic N) is 2. The van der Waals surface area contributed by atoms with Crippen molar-refractivity contribution < 1.29 is 8.78 Å². The molecule has 120 valence electrons. The highest BCUT2D eigenvalue weighted by Crippen LogP contribution is 2.37. The highest BCUT2D eigenvalue weighted by molar-refractivity contribution is 6.79. The average molecular weight is 430 g/mol. The molecule has 0 spiro atoms. The number of nitrogens with one attached hydrogen (secondary N) is 1. The Morgan fingerprint density at radius 1 is 0.864 bits per heavy atom. The van der Waals surface area contributed by atoms with Crippen LogP contribution in [0.15, 0.2) is 28.2 Å². The normalized spacial score (nSPS) is 16.9. The predicted octanol–water partition coefficient (Wildman–Crippen LogP) is 5.10. The van der Waals surface area contributed by atoms with Crippen LogP contribution in [-0.2, 0) is 0 Å². The van der Waals surface area contributed by atoms with E-state index in [1.54, 1.807) is 0 Å². The third kappa shape index (κ3) is 4.08. The monoisotopic (exact) mass is 427 g/mol. The Morgan fingerprint density at radius 3 is 1.64 bits per heavy atom. The number of hydrogen-bond acceptors (Lipinski definition) is 3. The molecule has 0 amide bonds. The molecular formula is C11H5Cl6F2N3. The van der Waals surface area contributed by atoms with E-state index in [2.05, 4.69) is 15.3 Å². The van der Waals surface area contributed by atoms with E-state index in [9.17, 15) is 8.78 Å². The molecule has 11 heteroatoms. The van der Waals surface area contributed by atoms with Crippen LogP contribution in [0.25, 0.3) is 0 Å². The summed E-state index contributed by atoms with van der Waals surface area (Å²) in [5.74, 6) is -2.32. The van der Waals surface area contributed by atoms with Gasteiger partial charge in [-0.05, 0) is 12.1 Å². The van der Waals surface area contributed by atoms with Crippen molar-refractivity contribution in [2.24, 2.45) is 9.98 Å². The van der Waals surface area contributed by atoms with E-state index in [-0.39, 0.29) is 11.7 Å². The van der Waals surface area contributed by atoms with Gasteiger partial charge in [-0.25, -0.2) is 18.8 Å². The highest BCUT2D eigenvalue weighted by Gasteiger charge is 2.39. The molecule has 2 rings (SSSR count). The summed E-state index contributed by atoms with van der Waals surface area (Å²) in [6.45, 7) is 0. The third-order valence-corrected chi connectivity index (χ3v) is 3.61. The summed E-state index contributed by atoms with van der Waals surface area (Å²) in [5, 5.41) is 2.44. The van der Waals surface area contributed by atoms with Crippen LogP contribution in [-0.4, -0.2) is 19.3 Å². The van der Waals surface area contributed by atoms with E-state index < -0.39 is 30.9 Å². The molecule has 0 atom stereocenters. The van der Waals surface area contributed by atoms with Gasteiger partial charge in [0.05, 0.1) is 5.56 Å². The van der Waals surface area contributed by atoms with Gasteiger partial charge < -0.3 is 5.32 Å². The molecule has 0 aliphatic carbocycles. The maximum atomic E-state index is 13.9. The number of alkyl halides is 6. The van der Waals surface area contributed by atoms with E-state index >= 15 is 0 Å². The molecule has 1 aromatic rings. The van der Waals surface area contributed by atoms with Gasteiger partial charge in [0.25, 0.3) is 0 Å². The van der Waals surface area contributed by atoms with Crippen molar-refractivity contribution in [1.82, 2.24) is 5.32 Å². The average Bonchev–Trinajstić information content (AvgIpc) is 2.36. The van der Waals surface area contributed by atoms with Gasteiger partial charge in [-0.3, -0.25) is 0 Å². The minimum Gasteiger partial charge on any atom is -0.325 e. The zero-order valence-electron chi connectivity index (χ0n) is 10.2. The smallest absolute Gasteiger partial charge is 0.247 e. The van der Waals surface area contributed by atoms with Crippen molar-refractivity contribution in [1.29, 1.82) is 0 Å². The van der Waals surface area contributed by atoms with Gasteiger partial charge in [0.2, 0.25) is 7.59 Å². The zero-order chi connectivity index (χ0) is 16.7. The summed E-state index contributed by atoms with van der Waals surface area (Å²) in [4.78, 5) is 7.75. The largest absolute Gasteiger partial charge is 0.325 e. The Bertz CT molecular complexity index is 600. The van der Waals surface area contributed by atoms with Gasteiger partial charge in [-0.2, -0.15) is 0 Å². The first-order valence-corrected chi connectivity index (χ1v) is 7.78. The second-order valence-electron chi connectivity index (χ2n) is 4.08. The summed E-state index contributed by atoms with van der Waals surface area (Å²) in [5.41, 5.74) is -0.456. The van der Waals surface area contributed by atoms with Crippen LogP contribution >= 0.6 is 69.6 Å². The SMILES string of the molecule is Fc1cccc(F)c1C1N=C(C(Cl)(Cl)Cl)NC(C(Cl)(Cl)Cl)=N1. The van der Waals surface area contributed by atoms with Gasteiger partial charge in [-0.15, -0.1) is 0 Å². The maximum absolute atomic E-state index is 13.9. The van der Waals surface area contributed by atoms with Crippen molar-refractivity contribution in [3.63, 3.8) is 0 Å². The fraction of sp³-hybridized carbons (Fsp3) is 0.273. The van der Waals surface area contributed by atoms with Crippen molar-refractivity contribution >= 4 is 81.3 Å². The van der Waals surface area contributed by atoms with Gasteiger partial charge in [-0.1, -0.05) is 75.7 Å². The molecule has 3 nitrogen and oxygen atoms in total. The first-order chi connectivity index (χ1) is 10.00. The molecule has 1 N–H and O–H groups in total. The van der Waals surface area contributed by atoms with Crippen molar-refractivity contribution in [3.8, 4) is 0 Å². The highest BCUT2D eigenvalue weighted by atomic mass is 35.6. The lowest BCUT2D eigenvalue weighted by atomic mass is 10.1. The van der Waals surface area contributed by atoms with Crippen LogP contribution in [0.3, 0.4) is 0 Å². The predicted molar refractivity (Wildman–Crippen MR) is 87.7 cm³/mol. The minimum absolute atomic E-state index is 0.276. The molecule has 1 aromatic carbocycles. The number of aliphatic imine (C=N–C) groups is 2. The summed E-state index contributed by atoms with van der Waals surface area (Å²) in [6.07, 6.45) is -1.40. The molecule has 1 heterocycles. The lowest BCUT2D eigenvalue weighted by Crippen LogP contribution is -2.47. The van der Waals surface area contributed by atoms with Crippen LogP contribution in [0.2, 0.25) is 0 Å². The molecular weight excluding hydrogens is 425 g/mol. The lowest BCUT2D eigenvalue weighted by molar-refractivity contribution is 0.530. The first-order valence-electron chi connectivity index (χ1n) is 5.51. The number of benzene rings is 1. The van der Waals surface area contributed by atoms with E-state index in [1.807, 2.05) is 0 Å². The van der Waals surface area contributed by atoms with Crippen molar-refractivity contribution in [2.45, 2.75) is 13.8 Å². The standard InChI is InChI=1S/C11H5Cl6F2N3/c12-10(13,14)8-20-7(21-9(22-8)11(15,16)17)6-4(18)2-1-3-5(6)19/h1-3,7H,(H,20,21,22). The number of hydrogen-bond donors (Lipinski definition) is 1. The van der Waals surface area contributed by atoms with E-state index in [0.717, 1.165) is 12.1 Å². The quantitative estimate of drug-likeness (QED) is 0.619. The number of amidine groups is 2. The summed E-state index contributed by atoms with van der Waals surface area (Å²) in [6, 6.07) is 3.26. The zero-order valence-corrected chi connectivity index (χ0v) is 14.8. The molecule has 0 saturated carbocycles. The van der Waals surface area contributed by atoms with Crippen molar-refractivity contribution in [3.05, 3.63) is 35.4 Å². The maximum Gasteiger partial charge on any atom is 0.247 e. The van der Waals surface area contributed by atoms with Gasteiger partial charge in [0.1, 0.15) is 11.6 Å². The third-order valence-electron chi connectivity index (χ3n) is 2.53. The molecule has 0 radical (unpaired) electrons. The second-order valence-corrected chi connectivity index (χ2v) is 8.65. The Kier molecular flexibility index (Phi) is 5.37. The van der Waals surface area contributed by atoms with E-state index in [4.69, 9.17) is 69.6 Å². The summed E-state index contributed by atoms with van der Waals surface area (Å²) < 4.78 is 23.7. The topological polar surface area (TPSA) is 36.8 Å². The molecule has 1 aliphatic rings. The number of rotatable bonds is 1. The molecule has 0 saturated heterocycles. The van der Waals surface area contributed by atoms with Crippen LogP contribution in [0.5, 0.6) is 0 Å². The van der Waals surface area contributed by atoms with Crippen LogP contribution in [0.1, 0.15) is 11.7 Å². The molecule has 1 aliphatic heterocycles. The first kappa shape index (κ1) is 18.3. The van der Waals surface area contributed by atoms with Crippen molar-refractivity contribution in [2.75, 3.05) is 0 Å². The van der Waals surface area contributed by atoms with Gasteiger partial charge in [0, 0.05) is 0 Å². The molecule has 0 unspecified atom stereocenters. The van der Waals surface area contributed by atoms with E-state index in [0.29, 0.717) is 0 Å². The van der Waals surface area contributed by atoms with Gasteiger partial charge >= 0.3 is 0 Å². The fourth-order valence-corrected chi connectivity index (χ4v) is 2.20. The van der Waals surface area contributed by atoms with E-state index in [1.165, 1.54) is 6.07 Å². The van der Waals surface area contributed by atoms with Crippen LogP contribution in [0, 0.1) is 11.6 Å².